The van der Waals surface area contributed by atoms with E-state index in [1.54, 1.807) is 0 Å². The van der Waals surface area contributed by atoms with Gasteiger partial charge in [0.05, 0.1) is 5.71 Å². The zero-order valence-corrected chi connectivity index (χ0v) is 17.7. The van der Waals surface area contributed by atoms with E-state index in [1.807, 2.05) is 54.6 Å². The van der Waals surface area contributed by atoms with E-state index in [1.165, 1.54) is 0 Å². The van der Waals surface area contributed by atoms with Gasteiger partial charge in [0.2, 0.25) is 0 Å². The summed E-state index contributed by atoms with van der Waals surface area (Å²) in [5.41, 5.74) is 3.68. The Bertz CT molecular complexity index is 980. The van der Waals surface area contributed by atoms with Crippen LogP contribution in [0.1, 0.15) is 39.2 Å². The van der Waals surface area contributed by atoms with Gasteiger partial charge in [0.15, 0.2) is 0 Å². The zero-order valence-electron chi connectivity index (χ0n) is 16.9. The first-order chi connectivity index (χ1) is 13.8. The summed E-state index contributed by atoms with van der Waals surface area (Å²) in [6.45, 7) is 6.80. The number of anilines is 1. The Balaban J connectivity index is 1.64. The average Bonchev–Trinajstić information content (AvgIpc) is 3.01. The van der Waals surface area contributed by atoms with Crippen LogP contribution in [-0.4, -0.2) is 11.8 Å². The maximum atomic E-state index is 12.3. The van der Waals surface area contributed by atoms with Crippen LogP contribution >= 0.6 is 11.6 Å². The maximum Gasteiger partial charge on any atom is 0.437 e. The molecule has 2 aromatic carbocycles. The number of hydrogen-bond acceptors (Lipinski definition) is 3. The van der Waals surface area contributed by atoms with E-state index in [9.17, 15) is 4.79 Å². The van der Waals surface area contributed by atoms with Gasteiger partial charge in [-0.2, -0.15) is 0 Å². The number of para-hydroxylation sites is 1. The highest BCUT2D eigenvalue weighted by atomic mass is 35.5. The smallest absolute Gasteiger partial charge is 0.297 e. The van der Waals surface area contributed by atoms with Gasteiger partial charge >= 0.3 is 6.09 Å². The molecule has 0 aliphatic heterocycles. The Morgan fingerprint density at radius 1 is 1.14 bits per heavy atom. The summed E-state index contributed by atoms with van der Waals surface area (Å²) in [5, 5.41) is 7.80. The van der Waals surface area contributed by atoms with E-state index < -0.39 is 6.09 Å². The standard InChI is InChI=1S/C24H25ClN2O2/c1-23(2)20-13-14-24(23,3)21(19(20)15-16-9-11-17(25)12-10-16)27-29-22(28)26-18-7-5-4-6-8-18/h4-12,15,20H,13-14H2,1-3H3,(H,26,28)/b19-15+,27-21+/t20-,24-/m0/s1. The minimum atomic E-state index is -0.585. The molecular formula is C24H25ClN2O2. The Morgan fingerprint density at radius 3 is 2.52 bits per heavy atom. The van der Waals surface area contributed by atoms with Crippen LogP contribution < -0.4 is 5.32 Å². The molecule has 2 aliphatic rings. The second kappa shape index (κ2) is 7.34. The lowest BCUT2D eigenvalue weighted by molar-refractivity contribution is 0.160. The zero-order chi connectivity index (χ0) is 20.6. The predicted octanol–water partition coefficient (Wildman–Crippen LogP) is 6.78. The lowest BCUT2D eigenvalue weighted by atomic mass is 9.70. The molecule has 150 valence electrons. The average molecular weight is 409 g/mol. The molecule has 2 bridgehead atoms. The number of halogens is 1. The van der Waals surface area contributed by atoms with Crippen molar-refractivity contribution in [1.29, 1.82) is 0 Å². The van der Waals surface area contributed by atoms with Crippen molar-refractivity contribution in [3.8, 4) is 0 Å². The highest BCUT2D eigenvalue weighted by Crippen LogP contribution is 2.66. The van der Waals surface area contributed by atoms with Crippen molar-refractivity contribution in [1.82, 2.24) is 0 Å². The largest absolute Gasteiger partial charge is 0.437 e. The monoisotopic (exact) mass is 408 g/mol. The molecule has 0 heterocycles. The van der Waals surface area contributed by atoms with Gasteiger partial charge in [-0.25, -0.2) is 4.79 Å². The van der Waals surface area contributed by atoms with Gasteiger partial charge in [0.1, 0.15) is 0 Å². The van der Waals surface area contributed by atoms with E-state index >= 15 is 0 Å². The molecule has 0 unspecified atom stereocenters. The normalized spacial score (nSPS) is 27.4. The molecule has 2 fully saturated rings. The van der Waals surface area contributed by atoms with Crippen LogP contribution in [0.3, 0.4) is 0 Å². The molecule has 0 spiro atoms. The minimum Gasteiger partial charge on any atom is -0.297 e. The van der Waals surface area contributed by atoms with Gasteiger partial charge in [-0.1, -0.05) is 67.9 Å². The fourth-order valence-electron chi connectivity index (χ4n) is 4.76. The number of allylic oxidation sites excluding steroid dienone is 1. The van der Waals surface area contributed by atoms with Crippen molar-refractivity contribution in [2.24, 2.45) is 21.9 Å². The summed E-state index contributed by atoms with van der Waals surface area (Å²) in [6, 6.07) is 17.0. The fraction of sp³-hybridized carbons (Fsp3) is 0.333. The third-order valence-corrected chi connectivity index (χ3v) is 7.08. The molecule has 2 saturated carbocycles. The molecule has 2 aromatic rings. The molecule has 29 heavy (non-hydrogen) atoms. The van der Waals surface area contributed by atoms with Crippen molar-refractivity contribution in [2.75, 3.05) is 5.32 Å². The number of rotatable bonds is 3. The van der Waals surface area contributed by atoms with Crippen LogP contribution in [0.2, 0.25) is 5.02 Å². The molecule has 4 nitrogen and oxygen atoms in total. The van der Waals surface area contributed by atoms with E-state index in [0.717, 1.165) is 29.7 Å². The summed E-state index contributed by atoms with van der Waals surface area (Å²) >= 11 is 6.03. The van der Waals surface area contributed by atoms with Crippen molar-refractivity contribution in [2.45, 2.75) is 33.6 Å². The second-order valence-corrected chi connectivity index (χ2v) is 9.04. The molecule has 0 saturated heterocycles. The lowest BCUT2D eigenvalue weighted by Crippen LogP contribution is -2.33. The number of hydrogen-bond donors (Lipinski definition) is 1. The number of nitrogens with one attached hydrogen (secondary N) is 1. The summed E-state index contributed by atoms with van der Waals surface area (Å²) < 4.78 is 0. The highest BCUT2D eigenvalue weighted by Gasteiger charge is 2.62. The molecule has 5 heteroatoms. The minimum absolute atomic E-state index is 0.0450. The third-order valence-electron chi connectivity index (χ3n) is 6.83. The van der Waals surface area contributed by atoms with Gasteiger partial charge in [0, 0.05) is 16.1 Å². The first kappa shape index (κ1) is 19.7. The molecule has 2 atom stereocenters. The molecule has 1 N–H and O–H groups in total. The number of oxime groups is 1. The number of carbonyl (C=O) groups is 1. The summed E-state index contributed by atoms with van der Waals surface area (Å²) in [6.07, 6.45) is 3.71. The SMILES string of the molecule is CC1(C)[C@H]2CC[C@@]1(C)C(=N/OC(=O)Nc1ccccc1)/C2=C/c1ccc(Cl)cc1. The molecule has 4 rings (SSSR count). The van der Waals surface area contributed by atoms with Gasteiger partial charge in [-0.3, -0.25) is 10.2 Å². The van der Waals surface area contributed by atoms with Crippen LogP contribution in [0.15, 0.2) is 65.3 Å². The van der Waals surface area contributed by atoms with Gasteiger partial charge in [-0.15, -0.1) is 0 Å². The Labute approximate surface area is 176 Å². The number of nitrogens with zero attached hydrogens (tertiary/aromatic N) is 1. The van der Waals surface area contributed by atoms with Crippen molar-refractivity contribution < 1.29 is 9.63 Å². The van der Waals surface area contributed by atoms with Crippen LogP contribution in [0.25, 0.3) is 6.08 Å². The first-order valence-electron chi connectivity index (χ1n) is 9.90. The number of fused-ring (bicyclic) bond motifs is 2. The van der Waals surface area contributed by atoms with Crippen molar-refractivity contribution >= 4 is 35.2 Å². The van der Waals surface area contributed by atoms with Crippen LogP contribution in [0.4, 0.5) is 10.5 Å². The Morgan fingerprint density at radius 2 is 1.83 bits per heavy atom. The molecular weight excluding hydrogens is 384 g/mol. The van der Waals surface area contributed by atoms with E-state index in [-0.39, 0.29) is 10.8 Å². The van der Waals surface area contributed by atoms with Crippen LogP contribution in [0.5, 0.6) is 0 Å². The van der Waals surface area contributed by atoms with Crippen LogP contribution in [-0.2, 0) is 4.84 Å². The van der Waals surface area contributed by atoms with Crippen molar-refractivity contribution in [3.05, 3.63) is 70.8 Å². The first-order valence-corrected chi connectivity index (χ1v) is 10.3. The molecule has 0 aromatic heterocycles. The second-order valence-electron chi connectivity index (χ2n) is 8.61. The topological polar surface area (TPSA) is 50.7 Å². The van der Waals surface area contributed by atoms with Crippen molar-refractivity contribution in [3.63, 3.8) is 0 Å². The summed E-state index contributed by atoms with van der Waals surface area (Å²) in [4.78, 5) is 17.6. The van der Waals surface area contributed by atoms with Gasteiger partial charge < -0.3 is 0 Å². The summed E-state index contributed by atoms with van der Waals surface area (Å²) in [7, 11) is 0. The number of benzene rings is 2. The van der Waals surface area contributed by atoms with Gasteiger partial charge in [0.25, 0.3) is 0 Å². The fourth-order valence-corrected chi connectivity index (χ4v) is 4.89. The van der Waals surface area contributed by atoms with Gasteiger partial charge in [-0.05, 0) is 65.7 Å². The third kappa shape index (κ3) is 3.46. The Kier molecular flexibility index (Phi) is 4.99. The molecule has 0 radical (unpaired) electrons. The molecule has 2 aliphatic carbocycles. The van der Waals surface area contributed by atoms with Crippen LogP contribution in [0, 0.1) is 16.7 Å². The maximum absolute atomic E-state index is 12.3. The number of carbonyl (C=O) groups excluding carboxylic acids is 1. The van der Waals surface area contributed by atoms with E-state index in [2.05, 4.69) is 37.3 Å². The van der Waals surface area contributed by atoms with E-state index in [0.29, 0.717) is 16.6 Å². The Hall–Kier alpha value is -2.59. The number of amides is 1. The predicted molar refractivity (Wildman–Crippen MR) is 118 cm³/mol. The lowest BCUT2D eigenvalue weighted by Gasteiger charge is -2.33. The highest BCUT2D eigenvalue weighted by molar-refractivity contribution is 6.30. The quantitative estimate of drug-likeness (QED) is 0.449. The van der Waals surface area contributed by atoms with E-state index in [4.69, 9.17) is 16.4 Å². The molecule has 1 amide bonds. The summed E-state index contributed by atoms with van der Waals surface area (Å²) in [5.74, 6) is 0.378.